The Kier molecular flexibility index (Phi) is 7.43. The van der Waals surface area contributed by atoms with Crippen molar-refractivity contribution in [2.24, 2.45) is 22.0 Å². The van der Waals surface area contributed by atoms with Crippen LogP contribution < -0.4 is 5.73 Å². The zero-order chi connectivity index (χ0) is 31.6. The van der Waals surface area contributed by atoms with Crippen molar-refractivity contribution in [3.63, 3.8) is 0 Å². The first-order valence-electron chi connectivity index (χ1n) is 15.3. The van der Waals surface area contributed by atoms with Crippen LogP contribution in [0.2, 0.25) is 0 Å². The van der Waals surface area contributed by atoms with Crippen molar-refractivity contribution in [2.45, 2.75) is 92.9 Å². The Morgan fingerprint density at radius 2 is 1.67 bits per heavy atom. The quantitative estimate of drug-likeness (QED) is 0.268. The summed E-state index contributed by atoms with van der Waals surface area (Å²) < 4.78 is 0. The number of aliphatic hydroxyl groups is 1. The first-order chi connectivity index (χ1) is 20.1. The summed E-state index contributed by atoms with van der Waals surface area (Å²) in [4.78, 5) is 53.6. The van der Waals surface area contributed by atoms with E-state index in [1.807, 2.05) is 58.0 Å². The largest absolute Gasteiger partial charge is 0.511 e. The molecule has 0 saturated heterocycles. The standard InChI is InChI=1S/C37H43NO5/c1-20(2)25-16-24(14-11-15-27(39)23-12-9-8-10-13-23)21(3)29-26(25)17-35(5)19-36(6)18-28(40)30(34(38)43)33(42)37(36,7)22(4)31(35)32(29)41/h8-10,12-13,16,20,40H,11,14-15,17-19H2,1-7H3,(H2,38,43). The van der Waals surface area contributed by atoms with Gasteiger partial charge in [-0.15, -0.1) is 0 Å². The van der Waals surface area contributed by atoms with E-state index in [0.29, 0.717) is 54.4 Å². The predicted octanol–water partition coefficient (Wildman–Crippen LogP) is 7.07. The number of fused-ring (bicyclic) bond motifs is 3. The second kappa shape index (κ2) is 10.4. The first kappa shape index (κ1) is 30.7. The summed E-state index contributed by atoms with van der Waals surface area (Å²) in [5.74, 6) is -1.46. The van der Waals surface area contributed by atoms with Gasteiger partial charge in [0.15, 0.2) is 17.3 Å². The van der Waals surface area contributed by atoms with Crippen LogP contribution in [-0.4, -0.2) is 28.4 Å². The van der Waals surface area contributed by atoms with Crippen LogP contribution in [-0.2, 0) is 22.4 Å². The van der Waals surface area contributed by atoms with Crippen LogP contribution in [0.15, 0.2) is 58.9 Å². The minimum absolute atomic E-state index is 0.0571. The number of benzene rings is 2. The number of hydrogen-bond acceptors (Lipinski definition) is 5. The van der Waals surface area contributed by atoms with Gasteiger partial charge in [-0.3, -0.25) is 19.2 Å². The zero-order valence-electron chi connectivity index (χ0n) is 26.4. The third-order valence-corrected chi connectivity index (χ3v) is 10.9. The lowest BCUT2D eigenvalue weighted by molar-refractivity contribution is -0.135. The van der Waals surface area contributed by atoms with E-state index in [1.54, 1.807) is 0 Å². The normalized spacial score (nSPS) is 26.8. The molecule has 43 heavy (non-hydrogen) atoms. The third-order valence-electron chi connectivity index (χ3n) is 10.9. The van der Waals surface area contributed by atoms with Crippen molar-refractivity contribution >= 4 is 23.3 Å². The third kappa shape index (κ3) is 4.52. The summed E-state index contributed by atoms with van der Waals surface area (Å²) in [6, 6.07) is 11.5. The summed E-state index contributed by atoms with van der Waals surface area (Å²) in [5, 5.41) is 10.8. The van der Waals surface area contributed by atoms with Crippen molar-refractivity contribution in [1.82, 2.24) is 0 Å². The van der Waals surface area contributed by atoms with E-state index in [-0.39, 0.29) is 35.2 Å². The van der Waals surface area contributed by atoms with E-state index in [0.717, 1.165) is 22.3 Å². The number of nitrogens with two attached hydrogens (primary N) is 1. The van der Waals surface area contributed by atoms with Crippen LogP contribution in [0, 0.1) is 23.2 Å². The Morgan fingerprint density at radius 3 is 2.28 bits per heavy atom. The molecule has 5 rings (SSSR count). The highest BCUT2D eigenvalue weighted by Crippen LogP contribution is 2.66. The number of allylic oxidation sites excluding steroid dienone is 3. The summed E-state index contributed by atoms with van der Waals surface area (Å²) in [7, 11) is 0. The van der Waals surface area contributed by atoms with E-state index < -0.39 is 27.9 Å². The van der Waals surface area contributed by atoms with Gasteiger partial charge in [-0.05, 0) is 80.0 Å². The minimum Gasteiger partial charge on any atom is -0.511 e. The number of carbonyl (C=O) groups is 4. The van der Waals surface area contributed by atoms with Crippen molar-refractivity contribution in [2.75, 3.05) is 0 Å². The van der Waals surface area contributed by atoms with Gasteiger partial charge in [-0.25, -0.2) is 0 Å². The van der Waals surface area contributed by atoms with Gasteiger partial charge in [-0.1, -0.05) is 69.7 Å². The van der Waals surface area contributed by atoms with E-state index in [2.05, 4.69) is 26.8 Å². The number of aryl methyl sites for hydroxylation is 1. The summed E-state index contributed by atoms with van der Waals surface area (Å²) in [5.41, 5.74) is 9.75. The Labute approximate surface area is 254 Å². The topological polar surface area (TPSA) is 115 Å². The monoisotopic (exact) mass is 581 g/mol. The molecular formula is C37H43NO5. The summed E-state index contributed by atoms with van der Waals surface area (Å²) in [6.07, 6.45) is 3.08. The lowest BCUT2D eigenvalue weighted by atomic mass is 9.43. The summed E-state index contributed by atoms with van der Waals surface area (Å²) in [6.45, 7) is 14.0. The lowest BCUT2D eigenvalue weighted by Gasteiger charge is -2.58. The van der Waals surface area contributed by atoms with Gasteiger partial charge in [0.05, 0.1) is 5.41 Å². The van der Waals surface area contributed by atoms with Gasteiger partial charge < -0.3 is 10.8 Å². The molecule has 3 aliphatic carbocycles. The maximum Gasteiger partial charge on any atom is 0.255 e. The van der Waals surface area contributed by atoms with Crippen LogP contribution in [0.25, 0.3) is 0 Å². The van der Waals surface area contributed by atoms with Crippen molar-refractivity contribution < 1.29 is 24.3 Å². The number of rotatable bonds is 7. The molecule has 6 nitrogen and oxygen atoms in total. The molecule has 0 spiro atoms. The van der Waals surface area contributed by atoms with Gasteiger partial charge in [0.2, 0.25) is 0 Å². The number of ketones is 3. The fraction of sp³-hybridized carbons (Fsp3) is 0.459. The van der Waals surface area contributed by atoms with Crippen LogP contribution in [0.1, 0.15) is 116 Å². The molecule has 3 atom stereocenters. The predicted molar refractivity (Wildman–Crippen MR) is 167 cm³/mol. The maximum absolute atomic E-state index is 14.7. The number of carbonyl (C=O) groups excluding carboxylic acids is 4. The van der Waals surface area contributed by atoms with Crippen LogP contribution in [0.5, 0.6) is 0 Å². The molecule has 2 aromatic rings. The molecule has 2 aromatic carbocycles. The van der Waals surface area contributed by atoms with E-state index in [9.17, 15) is 24.3 Å². The molecule has 0 saturated carbocycles. The fourth-order valence-corrected chi connectivity index (χ4v) is 8.56. The lowest BCUT2D eigenvalue weighted by Crippen LogP contribution is -2.57. The Morgan fingerprint density at radius 1 is 1.02 bits per heavy atom. The number of primary amides is 1. The molecule has 226 valence electrons. The second-order valence-corrected chi connectivity index (χ2v) is 14.0. The number of hydrogen-bond donors (Lipinski definition) is 2. The molecule has 0 aromatic heterocycles. The molecule has 0 bridgehead atoms. The molecule has 3 N–H and O–H groups in total. The average molecular weight is 582 g/mol. The van der Waals surface area contributed by atoms with Crippen LogP contribution >= 0.6 is 0 Å². The van der Waals surface area contributed by atoms with Gasteiger partial charge in [-0.2, -0.15) is 0 Å². The molecular weight excluding hydrogens is 538 g/mol. The molecule has 6 heteroatoms. The number of amides is 1. The van der Waals surface area contributed by atoms with E-state index >= 15 is 0 Å². The first-order valence-corrected chi connectivity index (χ1v) is 15.3. The average Bonchev–Trinajstić information content (AvgIpc) is 2.91. The van der Waals surface area contributed by atoms with E-state index in [1.165, 1.54) is 0 Å². The molecule has 3 aliphatic rings. The Hall–Kier alpha value is -3.80. The smallest absolute Gasteiger partial charge is 0.255 e. The summed E-state index contributed by atoms with van der Waals surface area (Å²) >= 11 is 0. The van der Waals surface area contributed by atoms with Gasteiger partial charge in [0.25, 0.3) is 5.91 Å². The highest BCUT2D eigenvalue weighted by Gasteiger charge is 2.64. The Balaban J connectivity index is 1.59. The van der Waals surface area contributed by atoms with Gasteiger partial charge in [0.1, 0.15) is 11.3 Å². The van der Waals surface area contributed by atoms with Crippen LogP contribution in [0.4, 0.5) is 0 Å². The maximum atomic E-state index is 14.7. The fourth-order valence-electron chi connectivity index (χ4n) is 8.56. The number of aliphatic hydroxyl groups excluding tert-OH is 1. The second-order valence-electron chi connectivity index (χ2n) is 14.0. The van der Waals surface area contributed by atoms with Crippen molar-refractivity contribution in [3.05, 3.63) is 92.3 Å². The van der Waals surface area contributed by atoms with Gasteiger partial charge >= 0.3 is 0 Å². The van der Waals surface area contributed by atoms with Gasteiger partial charge in [0, 0.05) is 35.0 Å². The molecule has 0 fully saturated rings. The minimum atomic E-state index is -1.16. The molecule has 0 radical (unpaired) electrons. The highest BCUT2D eigenvalue weighted by atomic mass is 16.3. The van der Waals surface area contributed by atoms with Crippen LogP contribution in [0.3, 0.4) is 0 Å². The van der Waals surface area contributed by atoms with Crippen molar-refractivity contribution in [1.29, 1.82) is 0 Å². The van der Waals surface area contributed by atoms with E-state index in [4.69, 9.17) is 5.73 Å². The molecule has 0 heterocycles. The Bertz CT molecular complexity index is 1640. The zero-order valence-corrected chi connectivity index (χ0v) is 26.4. The molecule has 0 aliphatic heterocycles. The highest BCUT2D eigenvalue weighted by molar-refractivity contribution is 6.23. The SMILES string of the molecule is CC1=C2C(=O)c3c(C)c(CCCC(=O)c4ccccc4)cc(C(C)C)c3CC2(C)CC2(C)CC(O)=C(C(N)=O)C(=O)C12C. The van der Waals surface area contributed by atoms with Crippen molar-refractivity contribution in [3.8, 4) is 0 Å². The molecule has 1 amide bonds. The number of Topliss-reactive ketones (excluding diaryl/α,β-unsaturated/α-hetero) is 3. The molecule has 3 unspecified atom stereocenters.